The summed E-state index contributed by atoms with van der Waals surface area (Å²) in [6, 6.07) is 9.25. The fraction of sp³-hybridized carbons (Fsp3) is 0.552. The van der Waals surface area contributed by atoms with Crippen molar-refractivity contribution in [3.63, 3.8) is 0 Å². The predicted molar refractivity (Wildman–Crippen MR) is 158 cm³/mol. The molecule has 1 amide bonds. The average Bonchev–Trinajstić information content (AvgIpc) is 3.60. The molecule has 3 aliphatic heterocycles. The number of likely N-dealkylation sites (tertiary alicyclic amines) is 2. The van der Waals surface area contributed by atoms with Gasteiger partial charge in [-0.25, -0.2) is 24.5 Å². The summed E-state index contributed by atoms with van der Waals surface area (Å²) in [7, 11) is 0. The van der Waals surface area contributed by atoms with Crippen molar-refractivity contribution >= 4 is 40.8 Å². The lowest BCUT2D eigenvalue weighted by Gasteiger charge is -2.40. The Labute approximate surface area is 248 Å². The lowest BCUT2D eigenvalue weighted by molar-refractivity contribution is -0.0484. The molecule has 3 aliphatic rings. The van der Waals surface area contributed by atoms with Gasteiger partial charge in [-0.2, -0.15) is 11.8 Å². The monoisotopic (exact) mass is 595 g/mol. The molecule has 12 nitrogen and oxygen atoms in total. The van der Waals surface area contributed by atoms with Crippen molar-refractivity contribution < 1.29 is 23.8 Å². The van der Waals surface area contributed by atoms with Gasteiger partial charge in [0.1, 0.15) is 17.9 Å². The number of benzene rings is 1. The third-order valence-corrected chi connectivity index (χ3v) is 9.06. The number of hydrogen-bond acceptors (Lipinski definition) is 11. The SMILES string of the molecule is CSC[C@H]1O[C@@H](n2cnc3c(N)ncnc32)[C@H](OC(=O)N2CCC(N3CCCCC3)CC2)[C@@H]1OC(=O)c1ccccc1. The van der Waals surface area contributed by atoms with E-state index in [-0.39, 0.29) is 5.82 Å². The topological polar surface area (TPSA) is 138 Å². The van der Waals surface area contributed by atoms with E-state index in [0.717, 1.165) is 25.9 Å². The van der Waals surface area contributed by atoms with Gasteiger partial charge in [0.15, 0.2) is 29.9 Å². The van der Waals surface area contributed by atoms with Crippen LogP contribution in [-0.4, -0.2) is 104 Å². The van der Waals surface area contributed by atoms with Crippen LogP contribution in [0.2, 0.25) is 0 Å². The lowest BCUT2D eigenvalue weighted by Crippen LogP contribution is -2.49. The Morgan fingerprint density at radius 3 is 2.50 bits per heavy atom. The van der Waals surface area contributed by atoms with E-state index in [2.05, 4.69) is 19.9 Å². The summed E-state index contributed by atoms with van der Waals surface area (Å²) in [4.78, 5) is 44.0. The van der Waals surface area contributed by atoms with Gasteiger partial charge in [0, 0.05) is 24.9 Å². The van der Waals surface area contributed by atoms with Crippen LogP contribution in [0.5, 0.6) is 0 Å². The van der Waals surface area contributed by atoms with Gasteiger partial charge >= 0.3 is 12.1 Å². The van der Waals surface area contributed by atoms with Crippen molar-refractivity contribution in [2.75, 3.05) is 43.9 Å². The number of carbonyl (C=O) groups is 2. The number of esters is 1. The maximum Gasteiger partial charge on any atom is 0.410 e. The molecule has 0 spiro atoms. The predicted octanol–water partition coefficient (Wildman–Crippen LogP) is 3.35. The highest BCUT2D eigenvalue weighted by Gasteiger charge is 2.51. The van der Waals surface area contributed by atoms with E-state index in [1.807, 2.05) is 12.3 Å². The number of nitrogen functional groups attached to an aromatic ring is 1. The zero-order valence-corrected chi connectivity index (χ0v) is 24.5. The molecule has 0 unspecified atom stereocenters. The van der Waals surface area contributed by atoms with Gasteiger partial charge < -0.3 is 29.7 Å². The molecule has 224 valence electrons. The van der Waals surface area contributed by atoms with Crippen molar-refractivity contribution in [3.8, 4) is 0 Å². The lowest BCUT2D eigenvalue weighted by atomic mass is 10.0. The Balaban J connectivity index is 1.25. The first-order valence-electron chi connectivity index (χ1n) is 14.6. The first-order chi connectivity index (χ1) is 20.5. The number of imidazole rings is 1. The Bertz CT molecular complexity index is 1380. The summed E-state index contributed by atoms with van der Waals surface area (Å²) in [5.74, 6) is 0.235. The minimum absolute atomic E-state index is 0.231. The Hall–Kier alpha value is -3.42. The number of nitrogens with zero attached hydrogens (tertiary/aromatic N) is 6. The van der Waals surface area contributed by atoms with Crippen molar-refractivity contribution in [3.05, 3.63) is 48.5 Å². The molecule has 2 N–H and O–H groups in total. The molecule has 0 aliphatic carbocycles. The van der Waals surface area contributed by atoms with E-state index in [1.165, 1.54) is 25.6 Å². The largest absolute Gasteiger partial charge is 0.452 e. The zero-order valence-electron chi connectivity index (χ0n) is 23.7. The van der Waals surface area contributed by atoms with Gasteiger partial charge in [-0.15, -0.1) is 0 Å². The average molecular weight is 596 g/mol. The van der Waals surface area contributed by atoms with Crippen molar-refractivity contribution in [1.29, 1.82) is 0 Å². The number of anilines is 1. The van der Waals surface area contributed by atoms with E-state index in [0.29, 0.717) is 41.6 Å². The van der Waals surface area contributed by atoms with Crippen LogP contribution in [0.15, 0.2) is 43.0 Å². The van der Waals surface area contributed by atoms with Gasteiger partial charge in [-0.1, -0.05) is 24.6 Å². The Morgan fingerprint density at radius 2 is 1.76 bits per heavy atom. The van der Waals surface area contributed by atoms with E-state index >= 15 is 0 Å². The third-order valence-electron chi connectivity index (χ3n) is 8.40. The van der Waals surface area contributed by atoms with E-state index < -0.39 is 36.6 Å². The number of hydrogen-bond donors (Lipinski definition) is 1. The smallest absolute Gasteiger partial charge is 0.410 e. The van der Waals surface area contributed by atoms with Crippen LogP contribution in [0.1, 0.15) is 48.7 Å². The van der Waals surface area contributed by atoms with E-state index in [1.54, 1.807) is 51.8 Å². The summed E-state index contributed by atoms with van der Waals surface area (Å²) in [6.45, 7) is 3.49. The fourth-order valence-electron chi connectivity index (χ4n) is 6.21. The normalized spacial score (nSPS) is 25.5. The second kappa shape index (κ2) is 12.8. The molecule has 13 heteroatoms. The number of amides is 1. The van der Waals surface area contributed by atoms with Crippen LogP contribution >= 0.6 is 11.8 Å². The van der Waals surface area contributed by atoms with Crippen LogP contribution in [0.4, 0.5) is 10.6 Å². The number of thioether (sulfide) groups is 1. The second-order valence-corrected chi connectivity index (χ2v) is 11.9. The number of rotatable bonds is 7. The minimum atomic E-state index is -0.948. The molecule has 0 radical (unpaired) electrons. The number of piperidine rings is 2. The quantitative estimate of drug-likeness (QED) is 0.403. The zero-order chi connectivity index (χ0) is 29.1. The molecule has 42 heavy (non-hydrogen) atoms. The molecule has 3 aromatic rings. The van der Waals surface area contributed by atoms with Gasteiger partial charge in [-0.3, -0.25) is 4.57 Å². The number of fused-ring (bicyclic) bond motifs is 1. The molecule has 5 heterocycles. The van der Waals surface area contributed by atoms with Gasteiger partial charge in [0.2, 0.25) is 0 Å². The van der Waals surface area contributed by atoms with Gasteiger partial charge in [0.25, 0.3) is 0 Å². The van der Waals surface area contributed by atoms with Crippen LogP contribution in [0.3, 0.4) is 0 Å². The maximum absolute atomic E-state index is 13.7. The molecular formula is C29H37N7O5S. The summed E-state index contributed by atoms with van der Waals surface area (Å²) in [5, 5.41) is 0. The minimum Gasteiger partial charge on any atom is -0.452 e. The second-order valence-electron chi connectivity index (χ2n) is 11.0. The Morgan fingerprint density at radius 1 is 1.00 bits per heavy atom. The fourth-order valence-corrected chi connectivity index (χ4v) is 6.81. The van der Waals surface area contributed by atoms with Crippen LogP contribution in [0, 0.1) is 0 Å². The number of nitrogens with two attached hydrogens (primary N) is 1. The number of ether oxygens (including phenoxy) is 3. The van der Waals surface area contributed by atoms with Crippen LogP contribution in [0.25, 0.3) is 11.2 Å². The van der Waals surface area contributed by atoms with Gasteiger partial charge in [0.05, 0.1) is 11.9 Å². The van der Waals surface area contributed by atoms with Crippen molar-refractivity contribution in [2.45, 2.75) is 62.7 Å². The highest BCUT2D eigenvalue weighted by atomic mass is 32.2. The third kappa shape index (κ3) is 5.90. The van der Waals surface area contributed by atoms with Crippen LogP contribution < -0.4 is 5.73 Å². The summed E-state index contributed by atoms with van der Waals surface area (Å²) in [6.07, 6.45) is 6.79. The number of carbonyl (C=O) groups excluding carboxylic acids is 2. The van der Waals surface area contributed by atoms with Crippen molar-refractivity contribution in [1.82, 2.24) is 29.3 Å². The molecule has 4 atom stereocenters. The van der Waals surface area contributed by atoms with Crippen molar-refractivity contribution in [2.24, 2.45) is 0 Å². The summed E-state index contributed by atoms with van der Waals surface area (Å²) >= 11 is 1.55. The summed E-state index contributed by atoms with van der Waals surface area (Å²) < 4.78 is 20.4. The standard InChI is InChI=1S/C29H37N7O5S/c1-42-16-21-23(40-28(37)19-8-4-2-5-9-19)24(27(39-21)36-18-33-22-25(30)31-17-32-26(22)36)41-29(38)35-14-10-20(11-15-35)34-12-6-3-7-13-34/h2,4-5,8-9,17-18,20-21,23-24,27H,3,6-7,10-16H2,1H3,(H2,30,31,32)/t21-,23-,24-,27-/m1/s1. The molecule has 3 fully saturated rings. The molecule has 0 bridgehead atoms. The Kier molecular flexibility index (Phi) is 8.77. The molecule has 3 saturated heterocycles. The number of aromatic nitrogens is 4. The van der Waals surface area contributed by atoms with Gasteiger partial charge in [-0.05, 0) is 57.2 Å². The molecular weight excluding hydrogens is 558 g/mol. The van der Waals surface area contributed by atoms with Crippen LogP contribution in [-0.2, 0) is 14.2 Å². The molecule has 1 aromatic carbocycles. The molecule has 0 saturated carbocycles. The maximum atomic E-state index is 13.7. The van der Waals surface area contributed by atoms with E-state index in [4.69, 9.17) is 19.9 Å². The van der Waals surface area contributed by atoms with E-state index in [9.17, 15) is 9.59 Å². The molecule has 6 rings (SSSR count). The highest BCUT2D eigenvalue weighted by Crippen LogP contribution is 2.38. The first-order valence-corrected chi connectivity index (χ1v) is 16.0. The summed E-state index contributed by atoms with van der Waals surface area (Å²) in [5.41, 5.74) is 7.30. The first kappa shape index (κ1) is 28.7. The highest BCUT2D eigenvalue weighted by molar-refractivity contribution is 7.98. The molecule has 2 aromatic heterocycles.